The minimum Gasteiger partial charge on any atom is -0.481 e. The first kappa shape index (κ1) is 12.8. The van der Waals surface area contributed by atoms with E-state index in [2.05, 4.69) is 20.6 Å². The molecule has 1 aromatic carbocycles. The number of aromatic nitrogens is 2. The van der Waals surface area contributed by atoms with E-state index in [4.69, 9.17) is 4.74 Å². The van der Waals surface area contributed by atoms with E-state index in [0.717, 1.165) is 0 Å². The van der Waals surface area contributed by atoms with Crippen LogP contribution in [-0.2, 0) is 0 Å². The van der Waals surface area contributed by atoms with Gasteiger partial charge in [-0.25, -0.2) is 9.78 Å². The smallest absolute Gasteiger partial charge is 0.326 e. The van der Waals surface area contributed by atoms with Gasteiger partial charge in [-0.2, -0.15) is 4.98 Å². The number of aryl methyl sites for hydroxylation is 1. The second kappa shape index (κ2) is 5.81. The first-order chi connectivity index (χ1) is 9.17. The summed E-state index contributed by atoms with van der Waals surface area (Å²) in [7, 11) is 1.51. The summed E-state index contributed by atoms with van der Waals surface area (Å²) >= 11 is 0. The predicted molar refractivity (Wildman–Crippen MR) is 72.4 cm³/mol. The van der Waals surface area contributed by atoms with E-state index in [1.165, 1.54) is 7.11 Å². The van der Waals surface area contributed by atoms with Crippen LogP contribution in [0, 0.1) is 6.92 Å². The van der Waals surface area contributed by atoms with Crippen molar-refractivity contribution < 1.29 is 9.53 Å². The van der Waals surface area contributed by atoms with E-state index in [-0.39, 0.29) is 5.95 Å². The fourth-order valence-electron chi connectivity index (χ4n) is 1.49. The average molecular weight is 258 g/mol. The molecule has 0 aliphatic heterocycles. The average Bonchev–Trinajstić information content (AvgIpc) is 2.38. The molecule has 0 fully saturated rings. The van der Waals surface area contributed by atoms with Crippen LogP contribution in [0.4, 0.5) is 16.4 Å². The lowest BCUT2D eigenvalue weighted by atomic mass is 10.3. The van der Waals surface area contributed by atoms with E-state index in [0.29, 0.717) is 17.3 Å². The number of anilines is 2. The monoisotopic (exact) mass is 258 g/mol. The number of rotatable bonds is 3. The van der Waals surface area contributed by atoms with Crippen molar-refractivity contribution in [2.24, 2.45) is 0 Å². The van der Waals surface area contributed by atoms with Gasteiger partial charge in [0.25, 0.3) is 0 Å². The summed E-state index contributed by atoms with van der Waals surface area (Å²) in [6.45, 7) is 1.80. The summed E-state index contributed by atoms with van der Waals surface area (Å²) in [6, 6.07) is 10.4. The lowest BCUT2D eigenvalue weighted by Crippen LogP contribution is -2.21. The molecule has 0 bridgehead atoms. The number of nitrogens with one attached hydrogen (secondary N) is 2. The number of ether oxygens (including phenoxy) is 1. The van der Waals surface area contributed by atoms with Gasteiger partial charge in [0, 0.05) is 17.4 Å². The quantitative estimate of drug-likeness (QED) is 0.886. The lowest BCUT2D eigenvalue weighted by Gasteiger charge is -2.08. The van der Waals surface area contributed by atoms with Crippen LogP contribution in [0.15, 0.2) is 36.4 Å². The van der Waals surface area contributed by atoms with Crippen LogP contribution in [0.25, 0.3) is 0 Å². The Hall–Kier alpha value is -2.63. The van der Waals surface area contributed by atoms with Crippen molar-refractivity contribution in [3.8, 4) is 5.88 Å². The zero-order chi connectivity index (χ0) is 13.7. The molecular formula is C13H14N4O2. The summed E-state index contributed by atoms with van der Waals surface area (Å²) in [5, 5.41) is 5.23. The zero-order valence-electron chi connectivity index (χ0n) is 10.7. The molecule has 0 atom stereocenters. The van der Waals surface area contributed by atoms with Crippen molar-refractivity contribution in [3.63, 3.8) is 0 Å². The van der Waals surface area contributed by atoms with Gasteiger partial charge in [-0.3, -0.25) is 5.32 Å². The number of benzene rings is 1. The molecule has 1 aromatic heterocycles. The van der Waals surface area contributed by atoms with Crippen molar-refractivity contribution in [2.45, 2.75) is 6.92 Å². The van der Waals surface area contributed by atoms with Gasteiger partial charge in [0.1, 0.15) is 0 Å². The van der Waals surface area contributed by atoms with Crippen LogP contribution in [0.1, 0.15) is 5.69 Å². The Morgan fingerprint density at radius 2 is 1.89 bits per heavy atom. The maximum absolute atomic E-state index is 11.7. The minimum absolute atomic E-state index is 0.199. The molecule has 2 aromatic rings. The Morgan fingerprint density at radius 1 is 1.16 bits per heavy atom. The Labute approximate surface area is 110 Å². The largest absolute Gasteiger partial charge is 0.481 e. The third-order valence-corrected chi connectivity index (χ3v) is 2.30. The number of amides is 2. The van der Waals surface area contributed by atoms with Gasteiger partial charge in [0.05, 0.1) is 7.11 Å². The molecule has 2 rings (SSSR count). The van der Waals surface area contributed by atoms with Crippen LogP contribution < -0.4 is 15.4 Å². The molecule has 19 heavy (non-hydrogen) atoms. The molecule has 0 aliphatic carbocycles. The first-order valence-electron chi connectivity index (χ1n) is 5.70. The van der Waals surface area contributed by atoms with Crippen LogP contribution in [0.5, 0.6) is 5.88 Å². The maximum atomic E-state index is 11.7. The predicted octanol–water partition coefficient (Wildman–Crippen LogP) is 2.44. The molecule has 0 spiro atoms. The summed E-state index contributed by atoms with van der Waals surface area (Å²) in [5.74, 6) is 0.604. The fraction of sp³-hybridized carbons (Fsp3) is 0.154. The molecule has 0 unspecified atom stereocenters. The van der Waals surface area contributed by atoms with Crippen molar-refractivity contribution >= 4 is 17.7 Å². The maximum Gasteiger partial charge on any atom is 0.326 e. The molecule has 0 saturated carbocycles. The third-order valence-electron chi connectivity index (χ3n) is 2.30. The van der Waals surface area contributed by atoms with Gasteiger partial charge < -0.3 is 10.1 Å². The summed E-state index contributed by atoms with van der Waals surface area (Å²) in [5.41, 5.74) is 1.40. The summed E-state index contributed by atoms with van der Waals surface area (Å²) in [6.07, 6.45) is 0. The summed E-state index contributed by atoms with van der Waals surface area (Å²) < 4.78 is 5.01. The SMILES string of the molecule is COc1cc(C)nc(NC(=O)Nc2ccccc2)n1. The van der Waals surface area contributed by atoms with Crippen LogP contribution in [0.3, 0.4) is 0 Å². The highest BCUT2D eigenvalue weighted by molar-refractivity contribution is 5.98. The molecule has 0 saturated heterocycles. The number of hydrogen-bond acceptors (Lipinski definition) is 4. The van der Waals surface area contributed by atoms with Gasteiger partial charge in [-0.1, -0.05) is 18.2 Å². The Kier molecular flexibility index (Phi) is 3.92. The van der Waals surface area contributed by atoms with Crippen molar-refractivity contribution in [1.82, 2.24) is 9.97 Å². The standard InChI is InChI=1S/C13H14N4O2/c1-9-8-11(19-2)16-12(14-9)17-13(18)15-10-6-4-3-5-7-10/h3-8H,1-2H3,(H2,14,15,16,17,18). The van der Waals surface area contributed by atoms with E-state index >= 15 is 0 Å². The van der Waals surface area contributed by atoms with Crippen LogP contribution >= 0.6 is 0 Å². The molecule has 98 valence electrons. The Bertz CT molecular complexity index is 572. The molecule has 0 radical (unpaired) electrons. The molecule has 6 heteroatoms. The third kappa shape index (κ3) is 3.67. The number of urea groups is 1. The fourth-order valence-corrected chi connectivity index (χ4v) is 1.49. The second-order valence-corrected chi connectivity index (χ2v) is 3.82. The van der Waals surface area contributed by atoms with E-state index in [1.54, 1.807) is 25.1 Å². The normalized spacial score (nSPS) is 9.79. The summed E-state index contributed by atoms with van der Waals surface area (Å²) in [4.78, 5) is 19.9. The second-order valence-electron chi connectivity index (χ2n) is 3.82. The zero-order valence-corrected chi connectivity index (χ0v) is 10.7. The van der Waals surface area contributed by atoms with Gasteiger partial charge >= 0.3 is 6.03 Å². The number of para-hydroxylation sites is 1. The molecule has 0 aliphatic rings. The van der Waals surface area contributed by atoms with Gasteiger partial charge in [0.15, 0.2) is 0 Å². The Balaban J connectivity index is 2.05. The highest BCUT2D eigenvalue weighted by Crippen LogP contribution is 2.12. The highest BCUT2D eigenvalue weighted by Gasteiger charge is 2.07. The van der Waals surface area contributed by atoms with Crippen LogP contribution in [0.2, 0.25) is 0 Å². The molecule has 2 N–H and O–H groups in total. The minimum atomic E-state index is -0.404. The number of nitrogens with zero attached hydrogens (tertiary/aromatic N) is 2. The van der Waals surface area contributed by atoms with Crippen molar-refractivity contribution in [3.05, 3.63) is 42.1 Å². The van der Waals surface area contributed by atoms with Crippen molar-refractivity contribution in [2.75, 3.05) is 17.7 Å². The lowest BCUT2D eigenvalue weighted by molar-refractivity contribution is 0.262. The number of methoxy groups -OCH3 is 1. The highest BCUT2D eigenvalue weighted by atomic mass is 16.5. The van der Waals surface area contributed by atoms with E-state index in [9.17, 15) is 4.79 Å². The van der Waals surface area contributed by atoms with Crippen LogP contribution in [-0.4, -0.2) is 23.1 Å². The van der Waals surface area contributed by atoms with Gasteiger partial charge in [-0.15, -0.1) is 0 Å². The number of carbonyl (C=O) groups excluding carboxylic acids is 1. The molecular weight excluding hydrogens is 244 g/mol. The Morgan fingerprint density at radius 3 is 2.58 bits per heavy atom. The van der Waals surface area contributed by atoms with E-state index < -0.39 is 6.03 Å². The van der Waals surface area contributed by atoms with Crippen molar-refractivity contribution in [1.29, 1.82) is 0 Å². The molecule has 2 amide bonds. The molecule has 1 heterocycles. The van der Waals surface area contributed by atoms with E-state index in [1.807, 2.05) is 18.2 Å². The number of hydrogen-bond donors (Lipinski definition) is 2. The van der Waals surface area contributed by atoms with Gasteiger partial charge in [0.2, 0.25) is 11.8 Å². The molecule has 6 nitrogen and oxygen atoms in total. The number of carbonyl (C=O) groups is 1. The first-order valence-corrected chi connectivity index (χ1v) is 5.70. The van der Waals surface area contributed by atoms with Gasteiger partial charge in [-0.05, 0) is 19.1 Å². The topological polar surface area (TPSA) is 76.1 Å².